The smallest absolute Gasteiger partial charge is 0.0927 e. The number of halogens is 2. The maximum atomic E-state index is 6.44. The third-order valence-electron chi connectivity index (χ3n) is 2.60. The molecule has 0 nitrogen and oxygen atoms in total. The van der Waals surface area contributed by atoms with Gasteiger partial charge in [0.25, 0.3) is 0 Å². The van der Waals surface area contributed by atoms with Gasteiger partial charge in [-0.05, 0) is 43.2 Å². The molecule has 0 spiro atoms. The molecule has 0 radical (unpaired) electrons. The summed E-state index contributed by atoms with van der Waals surface area (Å²) < 4.78 is 0. The van der Waals surface area contributed by atoms with Crippen LogP contribution in [0.15, 0.2) is 30.3 Å². The van der Waals surface area contributed by atoms with Crippen LogP contribution >= 0.6 is 34.5 Å². The quantitative estimate of drug-likeness (QED) is 0.646. The van der Waals surface area contributed by atoms with E-state index in [1.807, 2.05) is 24.3 Å². The first-order valence-electron chi connectivity index (χ1n) is 5.04. The zero-order chi connectivity index (χ0) is 11.7. The van der Waals surface area contributed by atoms with Crippen LogP contribution in [0.4, 0.5) is 0 Å². The van der Waals surface area contributed by atoms with Crippen LogP contribution in [0.25, 0.3) is 0 Å². The molecule has 0 aliphatic carbocycles. The van der Waals surface area contributed by atoms with Crippen molar-refractivity contribution in [3.63, 3.8) is 0 Å². The minimum atomic E-state index is -0.0744. The fourth-order valence-corrected chi connectivity index (χ4v) is 3.04. The molecule has 2 rings (SSSR count). The Kier molecular flexibility index (Phi) is 3.58. The zero-order valence-electron chi connectivity index (χ0n) is 9.13. The minimum Gasteiger partial charge on any atom is -0.143 e. The third kappa shape index (κ3) is 2.42. The van der Waals surface area contributed by atoms with Gasteiger partial charge in [0.05, 0.1) is 5.38 Å². The Labute approximate surface area is 110 Å². The highest BCUT2D eigenvalue weighted by Gasteiger charge is 2.13. The second-order valence-electron chi connectivity index (χ2n) is 3.80. The Morgan fingerprint density at radius 1 is 1.12 bits per heavy atom. The average molecular weight is 271 g/mol. The van der Waals surface area contributed by atoms with Gasteiger partial charge in [-0.25, -0.2) is 0 Å². The summed E-state index contributed by atoms with van der Waals surface area (Å²) in [5.41, 5.74) is 2.40. The van der Waals surface area contributed by atoms with Crippen LogP contribution in [0.2, 0.25) is 5.02 Å². The molecule has 0 amide bonds. The van der Waals surface area contributed by atoms with Crippen LogP contribution in [-0.2, 0) is 0 Å². The predicted molar refractivity (Wildman–Crippen MR) is 72.9 cm³/mol. The molecule has 1 unspecified atom stereocenters. The first-order valence-corrected chi connectivity index (χ1v) is 6.67. The zero-order valence-corrected chi connectivity index (χ0v) is 11.5. The van der Waals surface area contributed by atoms with Crippen molar-refractivity contribution in [1.82, 2.24) is 0 Å². The highest BCUT2D eigenvalue weighted by atomic mass is 35.5. The van der Waals surface area contributed by atoms with Crippen LogP contribution < -0.4 is 0 Å². The lowest BCUT2D eigenvalue weighted by molar-refractivity contribution is 1.18. The van der Waals surface area contributed by atoms with Crippen LogP contribution in [0, 0.1) is 13.8 Å². The van der Waals surface area contributed by atoms with Crippen molar-refractivity contribution in [1.29, 1.82) is 0 Å². The van der Waals surface area contributed by atoms with Crippen molar-refractivity contribution >= 4 is 34.5 Å². The Morgan fingerprint density at radius 3 is 2.25 bits per heavy atom. The van der Waals surface area contributed by atoms with Crippen LogP contribution in [0.1, 0.15) is 26.3 Å². The highest BCUT2D eigenvalue weighted by molar-refractivity contribution is 7.12. The molecule has 1 aromatic heterocycles. The van der Waals surface area contributed by atoms with E-state index in [1.54, 1.807) is 11.3 Å². The molecule has 0 bridgehead atoms. The molecule has 0 saturated heterocycles. The molecule has 1 aromatic carbocycles. The van der Waals surface area contributed by atoms with E-state index < -0.39 is 0 Å². The molecular weight excluding hydrogens is 259 g/mol. The molecule has 0 N–H and O–H groups in total. The molecule has 0 aliphatic rings. The van der Waals surface area contributed by atoms with Gasteiger partial charge in [-0.15, -0.1) is 22.9 Å². The van der Waals surface area contributed by atoms with Gasteiger partial charge in [0.2, 0.25) is 0 Å². The van der Waals surface area contributed by atoms with E-state index in [0.29, 0.717) is 0 Å². The van der Waals surface area contributed by atoms with Gasteiger partial charge in [-0.1, -0.05) is 23.7 Å². The summed E-state index contributed by atoms with van der Waals surface area (Å²) in [6.07, 6.45) is 0. The lowest BCUT2D eigenvalue weighted by Crippen LogP contribution is -1.89. The van der Waals surface area contributed by atoms with Gasteiger partial charge in [-0.2, -0.15) is 0 Å². The summed E-state index contributed by atoms with van der Waals surface area (Å²) >= 11 is 14.0. The normalized spacial score (nSPS) is 12.8. The van der Waals surface area contributed by atoms with E-state index in [0.717, 1.165) is 10.6 Å². The van der Waals surface area contributed by atoms with E-state index in [4.69, 9.17) is 23.2 Å². The molecule has 84 valence electrons. The van der Waals surface area contributed by atoms with Crippen LogP contribution in [-0.4, -0.2) is 0 Å². The van der Waals surface area contributed by atoms with Crippen molar-refractivity contribution in [3.05, 3.63) is 56.2 Å². The Bertz CT molecular complexity index is 466. The summed E-state index contributed by atoms with van der Waals surface area (Å²) in [6.45, 7) is 4.23. The van der Waals surface area contributed by atoms with E-state index in [-0.39, 0.29) is 5.38 Å². The third-order valence-corrected chi connectivity index (χ3v) is 4.68. The summed E-state index contributed by atoms with van der Waals surface area (Å²) in [5.74, 6) is 0. The second-order valence-corrected chi connectivity index (χ2v) is 5.96. The maximum Gasteiger partial charge on any atom is 0.0927 e. The Balaban J connectivity index is 2.31. The van der Waals surface area contributed by atoms with Gasteiger partial charge >= 0.3 is 0 Å². The number of aryl methyl sites for hydroxylation is 2. The molecular formula is C13H12Cl2S. The monoisotopic (exact) mass is 270 g/mol. The van der Waals surface area contributed by atoms with Crippen LogP contribution in [0.3, 0.4) is 0 Å². The molecule has 3 heteroatoms. The van der Waals surface area contributed by atoms with E-state index in [1.165, 1.54) is 15.3 Å². The number of alkyl halides is 1. The topological polar surface area (TPSA) is 0 Å². The van der Waals surface area contributed by atoms with Crippen molar-refractivity contribution in [2.24, 2.45) is 0 Å². The largest absolute Gasteiger partial charge is 0.143 e. The van der Waals surface area contributed by atoms with E-state index in [9.17, 15) is 0 Å². The fraction of sp³-hybridized carbons (Fsp3) is 0.231. The Morgan fingerprint density at radius 2 is 1.75 bits per heavy atom. The molecule has 1 heterocycles. The van der Waals surface area contributed by atoms with Crippen LogP contribution in [0.5, 0.6) is 0 Å². The number of benzene rings is 1. The summed E-state index contributed by atoms with van der Waals surface area (Å²) in [7, 11) is 0. The number of thiophene rings is 1. The number of rotatable bonds is 2. The molecule has 1 atom stereocenters. The minimum absolute atomic E-state index is 0.0744. The van der Waals surface area contributed by atoms with Gasteiger partial charge < -0.3 is 0 Å². The van der Waals surface area contributed by atoms with Crippen molar-refractivity contribution in [3.8, 4) is 0 Å². The Hall–Kier alpha value is -0.500. The van der Waals surface area contributed by atoms with Gasteiger partial charge in [-0.3, -0.25) is 0 Å². The van der Waals surface area contributed by atoms with Gasteiger partial charge in [0.15, 0.2) is 0 Å². The first kappa shape index (κ1) is 12.0. The summed E-state index contributed by atoms with van der Waals surface area (Å²) in [4.78, 5) is 2.52. The predicted octanol–water partition coefficient (Wildman–Crippen LogP) is 5.35. The van der Waals surface area contributed by atoms with Crippen molar-refractivity contribution in [2.75, 3.05) is 0 Å². The highest BCUT2D eigenvalue weighted by Crippen LogP contribution is 2.35. The van der Waals surface area contributed by atoms with E-state index in [2.05, 4.69) is 19.9 Å². The molecule has 16 heavy (non-hydrogen) atoms. The lowest BCUT2D eigenvalue weighted by Gasteiger charge is -2.07. The molecule has 0 saturated carbocycles. The molecule has 2 aromatic rings. The second kappa shape index (κ2) is 4.79. The molecule has 0 fully saturated rings. The standard InChI is InChI=1S/C13H12Cl2S/c1-8-7-12(16-9(8)2)13(15)10-3-5-11(14)6-4-10/h3-7,13H,1-2H3. The van der Waals surface area contributed by atoms with Gasteiger partial charge in [0.1, 0.15) is 0 Å². The van der Waals surface area contributed by atoms with Crippen molar-refractivity contribution < 1.29 is 0 Å². The summed E-state index contributed by atoms with van der Waals surface area (Å²) in [6, 6.07) is 9.86. The van der Waals surface area contributed by atoms with Gasteiger partial charge in [0, 0.05) is 14.8 Å². The lowest BCUT2D eigenvalue weighted by atomic mass is 10.1. The van der Waals surface area contributed by atoms with Crippen molar-refractivity contribution in [2.45, 2.75) is 19.2 Å². The van der Waals surface area contributed by atoms with E-state index >= 15 is 0 Å². The number of hydrogen-bond donors (Lipinski definition) is 0. The first-order chi connectivity index (χ1) is 7.58. The molecule has 0 aliphatic heterocycles. The average Bonchev–Trinajstić information content (AvgIpc) is 2.59. The number of hydrogen-bond acceptors (Lipinski definition) is 1. The fourth-order valence-electron chi connectivity index (χ4n) is 1.52. The maximum absolute atomic E-state index is 6.44. The SMILES string of the molecule is Cc1cc(C(Cl)c2ccc(Cl)cc2)sc1C. The summed E-state index contributed by atoms with van der Waals surface area (Å²) in [5, 5.41) is 0.667.